The fourth-order valence-corrected chi connectivity index (χ4v) is 4.31. The van der Waals surface area contributed by atoms with Gasteiger partial charge in [0, 0.05) is 17.9 Å². The van der Waals surface area contributed by atoms with Crippen molar-refractivity contribution < 1.29 is 40.3 Å². The number of ether oxygens (including phenoxy) is 1. The highest BCUT2D eigenvalue weighted by molar-refractivity contribution is 7.99. The molecule has 2 N–H and O–H groups in total. The lowest BCUT2D eigenvalue weighted by atomic mass is 9.99. The SMILES string of the molecule is COC(=O)CCSc1nc(C(F)(F)F)ccc1CNC(=O)C(C)c1ccc(NS(C)(=O)=O)c(F)c1. The number of alkyl halides is 3. The number of esters is 1. The molecule has 0 saturated carbocycles. The minimum Gasteiger partial charge on any atom is -0.469 e. The maximum Gasteiger partial charge on any atom is 0.433 e. The molecule has 2 rings (SSSR count). The summed E-state index contributed by atoms with van der Waals surface area (Å²) in [5, 5.41) is 2.58. The predicted molar refractivity (Wildman–Crippen MR) is 122 cm³/mol. The highest BCUT2D eigenvalue weighted by Gasteiger charge is 2.33. The molecule has 1 atom stereocenters. The molecular weight excluding hydrogens is 514 g/mol. The number of thioether (sulfide) groups is 1. The fraction of sp³-hybridized carbons (Fsp3) is 0.381. The van der Waals surface area contributed by atoms with Crippen molar-refractivity contribution in [3.05, 3.63) is 53.0 Å². The van der Waals surface area contributed by atoms with Gasteiger partial charge in [0.1, 0.15) is 16.5 Å². The van der Waals surface area contributed by atoms with Gasteiger partial charge in [-0.2, -0.15) is 13.2 Å². The van der Waals surface area contributed by atoms with Gasteiger partial charge in [-0.25, -0.2) is 17.8 Å². The van der Waals surface area contributed by atoms with Crippen molar-refractivity contribution in [3.63, 3.8) is 0 Å². The van der Waals surface area contributed by atoms with Crippen molar-refractivity contribution in [3.8, 4) is 0 Å². The molecule has 1 aromatic heterocycles. The number of carbonyl (C=O) groups is 2. The molecule has 0 aliphatic rings. The molecule has 0 saturated heterocycles. The Labute approximate surface area is 203 Å². The van der Waals surface area contributed by atoms with E-state index in [1.54, 1.807) is 0 Å². The summed E-state index contributed by atoms with van der Waals surface area (Å²) >= 11 is 0.917. The van der Waals surface area contributed by atoms with Gasteiger partial charge in [-0.1, -0.05) is 12.1 Å². The zero-order valence-corrected chi connectivity index (χ0v) is 20.5. The minimum absolute atomic E-state index is 0.000993. The number of nitrogens with zero attached hydrogens (tertiary/aromatic N) is 1. The molecule has 0 bridgehead atoms. The highest BCUT2D eigenvalue weighted by Crippen LogP contribution is 2.31. The van der Waals surface area contributed by atoms with E-state index in [2.05, 4.69) is 15.0 Å². The second-order valence-electron chi connectivity index (χ2n) is 7.39. The minimum atomic E-state index is -4.67. The van der Waals surface area contributed by atoms with Crippen LogP contribution in [0.4, 0.5) is 23.2 Å². The lowest BCUT2D eigenvalue weighted by Crippen LogP contribution is -2.28. The smallest absolute Gasteiger partial charge is 0.433 e. The summed E-state index contributed by atoms with van der Waals surface area (Å²) in [7, 11) is -2.50. The number of pyridine rings is 1. The lowest BCUT2D eigenvalue weighted by molar-refractivity contribution is -0.142. The number of hydrogen-bond acceptors (Lipinski definition) is 7. The van der Waals surface area contributed by atoms with Crippen LogP contribution in [-0.2, 0) is 37.1 Å². The average molecular weight is 538 g/mol. The number of sulfonamides is 1. The van der Waals surface area contributed by atoms with Crippen LogP contribution in [0.15, 0.2) is 35.4 Å². The maximum atomic E-state index is 14.2. The van der Waals surface area contributed by atoms with Gasteiger partial charge in [0.2, 0.25) is 15.9 Å². The van der Waals surface area contributed by atoms with E-state index >= 15 is 0 Å². The van der Waals surface area contributed by atoms with Crippen LogP contribution < -0.4 is 10.0 Å². The molecule has 1 amide bonds. The summed E-state index contributed by atoms with van der Waals surface area (Å²) < 4.78 is 82.6. The summed E-state index contributed by atoms with van der Waals surface area (Å²) in [4.78, 5) is 27.5. The second-order valence-corrected chi connectivity index (χ2v) is 10.2. The molecule has 0 spiro atoms. The van der Waals surface area contributed by atoms with E-state index in [1.807, 2.05) is 4.72 Å². The van der Waals surface area contributed by atoms with E-state index in [-0.39, 0.29) is 35.0 Å². The summed E-state index contributed by atoms with van der Waals surface area (Å²) in [6.45, 7) is 1.33. The normalized spacial score (nSPS) is 12.7. The van der Waals surface area contributed by atoms with Crippen LogP contribution in [0.1, 0.15) is 36.1 Å². The number of anilines is 1. The van der Waals surface area contributed by atoms with E-state index in [0.29, 0.717) is 5.56 Å². The number of aromatic nitrogens is 1. The molecule has 0 aliphatic heterocycles. The number of halogens is 4. The van der Waals surface area contributed by atoms with Crippen LogP contribution in [0.3, 0.4) is 0 Å². The summed E-state index contributed by atoms with van der Waals surface area (Å²) in [5.74, 6) is -2.68. The number of nitrogens with one attached hydrogen (secondary N) is 2. The Balaban J connectivity index is 2.14. The topological polar surface area (TPSA) is 114 Å². The monoisotopic (exact) mass is 537 g/mol. The third kappa shape index (κ3) is 8.69. The highest BCUT2D eigenvalue weighted by atomic mass is 32.2. The quantitative estimate of drug-likeness (QED) is 0.270. The largest absolute Gasteiger partial charge is 0.469 e. The van der Waals surface area contributed by atoms with E-state index in [0.717, 1.165) is 30.2 Å². The number of benzene rings is 1. The Morgan fingerprint density at radius 2 is 1.89 bits per heavy atom. The van der Waals surface area contributed by atoms with Crippen LogP contribution in [0.25, 0.3) is 0 Å². The molecule has 1 heterocycles. The van der Waals surface area contributed by atoms with Gasteiger partial charge in [-0.3, -0.25) is 14.3 Å². The molecule has 1 aromatic carbocycles. The number of carbonyl (C=O) groups excluding carboxylic acids is 2. The standard InChI is InChI=1S/C21H23F4N3O5S2/c1-12(13-4-6-16(15(22)10-13)28-35(3,31)32)19(30)26-11-14-5-7-17(21(23,24)25)27-20(14)34-9-8-18(29)33-2/h4-7,10,12,28H,8-9,11H2,1-3H3,(H,26,30). The van der Waals surface area contributed by atoms with Crippen LogP contribution in [0.5, 0.6) is 0 Å². The van der Waals surface area contributed by atoms with E-state index in [4.69, 9.17) is 0 Å². The molecule has 0 aliphatic carbocycles. The van der Waals surface area contributed by atoms with E-state index < -0.39 is 45.5 Å². The Bertz CT molecular complexity index is 1190. The average Bonchev–Trinajstić information content (AvgIpc) is 2.77. The van der Waals surface area contributed by atoms with Gasteiger partial charge in [0.05, 0.1) is 31.4 Å². The molecule has 192 valence electrons. The lowest BCUT2D eigenvalue weighted by Gasteiger charge is -2.16. The number of methoxy groups -OCH3 is 1. The van der Waals surface area contributed by atoms with Crippen LogP contribution in [0, 0.1) is 5.82 Å². The van der Waals surface area contributed by atoms with Crippen LogP contribution >= 0.6 is 11.8 Å². The van der Waals surface area contributed by atoms with Gasteiger partial charge in [0.15, 0.2) is 0 Å². The Hall–Kier alpha value is -2.87. The molecule has 35 heavy (non-hydrogen) atoms. The Morgan fingerprint density at radius 3 is 2.46 bits per heavy atom. The third-order valence-electron chi connectivity index (χ3n) is 4.64. The first kappa shape index (κ1) is 28.4. The summed E-state index contributed by atoms with van der Waals surface area (Å²) in [6, 6.07) is 5.57. The number of rotatable bonds is 10. The second kappa shape index (κ2) is 11.7. The molecular formula is C21H23F4N3O5S2. The maximum absolute atomic E-state index is 14.2. The molecule has 8 nitrogen and oxygen atoms in total. The van der Waals surface area contributed by atoms with Crippen molar-refractivity contribution in [2.75, 3.05) is 23.8 Å². The molecule has 2 aromatic rings. The van der Waals surface area contributed by atoms with Crippen molar-refractivity contribution in [1.29, 1.82) is 0 Å². The Morgan fingerprint density at radius 1 is 1.20 bits per heavy atom. The molecule has 0 radical (unpaired) electrons. The van der Waals surface area contributed by atoms with Crippen molar-refractivity contribution >= 4 is 39.3 Å². The fourth-order valence-electron chi connectivity index (χ4n) is 2.79. The molecule has 0 fully saturated rings. The number of hydrogen-bond donors (Lipinski definition) is 2. The Kier molecular flexibility index (Phi) is 9.49. The van der Waals surface area contributed by atoms with E-state index in [9.17, 15) is 35.6 Å². The molecule has 14 heteroatoms. The van der Waals surface area contributed by atoms with Gasteiger partial charge in [0.25, 0.3) is 0 Å². The van der Waals surface area contributed by atoms with Crippen molar-refractivity contribution in [2.24, 2.45) is 0 Å². The first-order valence-corrected chi connectivity index (χ1v) is 12.9. The third-order valence-corrected chi connectivity index (χ3v) is 6.26. The summed E-state index contributed by atoms with van der Waals surface area (Å²) in [5.41, 5.74) is -0.822. The number of amides is 1. The van der Waals surface area contributed by atoms with Gasteiger partial charge in [-0.15, -0.1) is 11.8 Å². The first-order chi connectivity index (χ1) is 16.2. The van der Waals surface area contributed by atoms with Crippen LogP contribution in [-0.4, -0.2) is 44.4 Å². The van der Waals surface area contributed by atoms with Gasteiger partial charge in [-0.05, 0) is 30.7 Å². The first-order valence-electron chi connectivity index (χ1n) is 10.0. The van der Waals surface area contributed by atoms with Crippen molar-refractivity contribution in [1.82, 2.24) is 10.3 Å². The van der Waals surface area contributed by atoms with Crippen LogP contribution in [0.2, 0.25) is 0 Å². The van der Waals surface area contributed by atoms with Gasteiger partial charge >= 0.3 is 12.1 Å². The zero-order valence-electron chi connectivity index (χ0n) is 18.9. The predicted octanol–water partition coefficient (Wildman–Crippen LogP) is 3.69. The molecule has 1 unspecified atom stereocenters. The zero-order chi connectivity index (χ0) is 26.4. The van der Waals surface area contributed by atoms with Crippen molar-refractivity contribution in [2.45, 2.75) is 37.0 Å². The van der Waals surface area contributed by atoms with E-state index in [1.165, 1.54) is 32.2 Å². The summed E-state index contributed by atoms with van der Waals surface area (Å²) in [6.07, 6.45) is -3.84. The van der Waals surface area contributed by atoms with Gasteiger partial charge < -0.3 is 10.1 Å².